The summed E-state index contributed by atoms with van der Waals surface area (Å²) in [7, 11) is -3.87. The number of nitrogens with zero attached hydrogens (tertiary/aromatic N) is 1. The third-order valence-corrected chi connectivity index (χ3v) is 4.52. The molecule has 0 heterocycles. The first-order valence-electron chi connectivity index (χ1n) is 7.04. The van der Waals surface area contributed by atoms with Crippen LogP contribution in [0, 0.1) is 10.1 Å². The Balaban J connectivity index is 2.62. The van der Waals surface area contributed by atoms with Crippen LogP contribution in [-0.2, 0) is 14.3 Å². The van der Waals surface area contributed by atoms with Crippen LogP contribution < -0.4 is 0 Å². The van der Waals surface area contributed by atoms with E-state index in [1.165, 1.54) is 12.1 Å². The van der Waals surface area contributed by atoms with Gasteiger partial charge in [0, 0.05) is 12.1 Å². The van der Waals surface area contributed by atoms with Crippen molar-refractivity contribution in [3.8, 4) is 0 Å². The lowest BCUT2D eigenvalue weighted by Crippen LogP contribution is -2.15. The summed E-state index contributed by atoms with van der Waals surface area (Å²) >= 11 is 0. The van der Waals surface area contributed by atoms with Gasteiger partial charge in [-0.15, -0.1) is 0 Å². The zero-order valence-corrected chi connectivity index (χ0v) is 13.1. The molecule has 0 fully saturated rings. The summed E-state index contributed by atoms with van der Waals surface area (Å²) < 4.78 is 29.1. The van der Waals surface area contributed by atoms with Crippen molar-refractivity contribution < 1.29 is 17.5 Å². The lowest BCUT2D eigenvalue weighted by Gasteiger charge is -2.12. The standard InChI is InChI=1S/C14H21NO5S/c1-3-4-5-6-7-12(2)20-21(18,19)14-10-8-13(9-11-14)15(16)17/h8-12H,3-7H2,1-2H3/t12-/m1/s1. The molecule has 0 N–H and O–H groups in total. The number of non-ortho nitro benzene ring substituents is 1. The number of unbranched alkanes of at least 4 members (excludes halogenated alkanes) is 3. The topological polar surface area (TPSA) is 86.5 Å². The van der Waals surface area contributed by atoms with Gasteiger partial charge in [-0.05, 0) is 25.5 Å². The Hall–Kier alpha value is -1.47. The molecule has 118 valence electrons. The van der Waals surface area contributed by atoms with E-state index >= 15 is 0 Å². The number of nitro benzene ring substituents is 1. The molecule has 0 aliphatic rings. The lowest BCUT2D eigenvalue weighted by atomic mass is 10.1. The highest BCUT2D eigenvalue weighted by Gasteiger charge is 2.20. The minimum absolute atomic E-state index is 0.0616. The molecular formula is C14H21NO5S. The summed E-state index contributed by atoms with van der Waals surface area (Å²) in [6, 6.07) is 4.69. The maximum absolute atomic E-state index is 12.0. The van der Waals surface area contributed by atoms with Crippen molar-refractivity contribution in [2.24, 2.45) is 0 Å². The SMILES string of the molecule is CCCCCC[C@@H](C)OS(=O)(=O)c1ccc([N+](=O)[O-])cc1. The van der Waals surface area contributed by atoms with Gasteiger partial charge in [0.05, 0.1) is 15.9 Å². The molecule has 0 amide bonds. The fourth-order valence-electron chi connectivity index (χ4n) is 1.91. The number of rotatable bonds is 9. The van der Waals surface area contributed by atoms with Crippen molar-refractivity contribution in [3.63, 3.8) is 0 Å². The quantitative estimate of drug-likeness (QED) is 0.300. The fraction of sp³-hybridized carbons (Fsp3) is 0.571. The highest BCUT2D eigenvalue weighted by molar-refractivity contribution is 7.86. The molecule has 0 saturated carbocycles. The summed E-state index contributed by atoms with van der Waals surface area (Å²) in [6.45, 7) is 3.83. The van der Waals surface area contributed by atoms with Crippen LogP contribution in [-0.4, -0.2) is 19.4 Å². The van der Waals surface area contributed by atoms with Crippen LogP contribution >= 0.6 is 0 Å². The molecule has 0 bridgehead atoms. The molecule has 1 aromatic rings. The predicted octanol–water partition coefficient (Wildman–Crippen LogP) is 3.66. The van der Waals surface area contributed by atoms with Gasteiger partial charge in [-0.25, -0.2) is 0 Å². The molecule has 21 heavy (non-hydrogen) atoms. The Bertz CT molecular complexity index is 553. The van der Waals surface area contributed by atoms with Crippen molar-refractivity contribution in [2.75, 3.05) is 0 Å². The molecule has 6 nitrogen and oxygen atoms in total. The molecule has 0 spiro atoms. The van der Waals surface area contributed by atoms with Gasteiger partial charge in [0.1, 0.15) is 0 Å². The smallest absolute Gasteiger partial charge is 0.263 e. The third-order valence-electron chi connectivity index (χ3n) is 3.09. The third kappa shape index (κ3) is 5.81. The van der Waals surface area contributed by atoms with Crippen molar-refractivity contribution in [1.29, 1.82) is 0 Å². The van der Waals surface area contributed by atoms with Crippen molar-refractivity contribution in [2.45, 2.75) is 57.0 Å². The van der Waals surface area contributed by atoms with Gasteiger partial charge in [-0.1, -0.05) is 32.6 Å². The Morgan fingerprint density at radius 3 is 2.33 bits per heavy atom. The van der Waals surface area contributed by atoms with Crippen LogP contribution in [0.5, 0.6) is 0 Å². The van der Waals surface area contributed by atoms with Crippen molar-refractivity contribution in [1.82, 2.24) is 0 Å². The monoisotopic (exact) mass is 315 g/mol. The van der Waals surface area contributed by atoms with E-state index in [-0.39, 0.29) is 10.6 Å². The second-order valence-electron chi connectivity index (χ2n) is 4.96. The molecule has 1 rings (SSSR count). The van der Waals surface area contributed by atoms with Crippen LogP contribution in [0.4, 0.5) is 5.69 Å². The maximum Gasteiger partial charge on any atom is 0.297 e. The highest BCUT2D eigenvalue weighted by Crippen LogP contribution is 2.20. The van der Waals surface area contributed by atoms with Crippen LogP contribution in [0.1, 0.15) is 46.0 Å². The van der Waals surface area contributed by atoms with E-state index in [4.69, 9.17) is 4.18 Å². The molecule has 1 aromatic carbocycles. The second kappa shape index (κ2) is 8.09. The Labute approximate surface area is 125 Å². The van der Waals surface area contributed by atoms with E-state index in [1.807, 2.05) is 0 Å². The predicted molar refractivity (Wildman–Crippen MR) is 79.6 cm³/mol. The Morgan fingerprint density at radius 2 is 1.81 bits per heavy atom. The van der Waals surface area contributed by atoms with Crippen LogP contribution in [0.15, 0.2) is 29.2 Å². The van der Waals surface area contributed by atoms with Gasteiger partial charge in [0.2, 0.25) is 0 Å². The van der Waals surface area contributed by atoms with Gasteiger partial charge in [-0.3, -0.25) is 14.3 Å². The molecule has 0 saturated heterocycles. The fourth-order valence-corrected chi connectivity index (χ4v) is 3.02. The number of hydrogen-bond donors (Lipinski definition) is 0. The minimum atomic E-state index is -3.87. The van der Waals surface area contributed by atoms with E-state index in [0.29, 0.717) is 6.42 Å². The zero-order chi connectivity index (χ0) is 15.9. The summed E-state index contributed by atoms with van der Waals surface area (Å²) in [5, 5.41) is 10.5. The number of benzene rings is 1. The Morgan fingerprint density at radius 1 is 1.19 bits per heavy atom. The summed E-state index contributed by atoms with van der Waals surface area (Å²) in [5.41, 5.74) is -0.151. The van der Waals surface area contributed by atoms with Gasteiger partial charge < -0.3 is 0 Å². The summed E-state index contributed by atoms with van der Waals surface area (Å²) in [6.07, 6.45) is 4.50. The van der Waals surface area contributed by atoms with Gasteiger partial charge in [0.25, 0.3) is 15.8 Å². The molecule has 0 radical (unpaired) electrons. The van der Waals surface area contributed by atoms with E-state index < -0.39 is 21.1 Å². The molecule has 0 unspecified atom stereocenters. The number of nitro groups is 1. The summed E-state index contributed by atoms with van der Waals surface area (Å²) in [5.74, 6) is 0. The highest BCUT2D eigenvalue weighted by atomic mass is 32.2. The zero-order valence-electron chi connectivity index (χ0n) is 12.3. The minimum Gasteiger partial charge on any atom is -0.263 e. The molecule has 1 atom stereocenters. The van der Waals surface area contributed by atoms with E-state index in [2.05, 4.69) is 6.92 Å². The first-order chi connectivity index (χ1) is 9.86. The number of hydrogen-bond acceptors (Lipinski definition) is 5. The molecule has 7 heteroatoms. The Kier molecular flexibility index (Phi) is 6.77. The largest absolute Gasteiger partial charge is 0.297 e. The van der Waals surface area contributed by atoms with Gasteiger partial charge in [0.15, 0.2) is 0 Å². The van der Waals surface area contributed by atoms with E-state index in [0.717, 1.165) is 37.8 Å². The molecule has 0 aliphatic heterocycles. The van der Waals surface area contributed by atoms with Crippen molar-refractivity contribution in [3.05, 3.63) is 34.4 Å². The van der Waals surface area contributed by atoms with Crippen LogP contribution in [0.3, 0.4) is 0 Å². The van der Waals surface area contributed by atoms with Crippen LogP contribution in [0.2, 0.25) is 0 Å². The second-order valence-corrected chi connectivity index (χ2v) is 6.53. The molecule has 0 aromatic heterocycles. The lowest BCUT2D eigenvalue weighted by molar-refractivity contribution is -0.384. The average molecular weight is 315 g/mol. The molecular weight excluding hydrogens is 294 g/mol. The van der Waals surface area contributed by atoms with E-state index in [9.17, 15) is 18.5 Å². The van der Waals surface area contributed by atoms with Gasteiger partial charge >= 0.3 is 0 Å². The maximum atomic E-state index is 12.0. The van der Waals surface area contributed by atoms with E-state index in [1.54, 1.807) is 6.92 Å². The van der Waals surface area contributed by atoms with Crippen molar-refractivity contribution >= 4 is 15.8 Å². The molecule has 0 aliphatic carbocycles. The van der Waals surface area contributed by atoms with Crippen LogP contribution in [0.25, 0.3) is 0 Å². The first kappa shape index (κ1) is 17.6. The normalized spacial score (nSPS) is 13.0. The summed E-state index contributed by atoms with van der Waals surface area (Å²) in [4.78, 5) is 9.90. The first-order valence-corrected chi connectivity index (χ1v) is 8.45. The van der Waals surface area contributed by atoms with Gasteiger partial charge in [-0.2, -0.15) is 8.42 Å². The average Bonchev–Trinajstić information content (AvgIpc) is 2.43.